The Kier molecular flexibility index (Phi) is 3.41. The van der Waals surface area contributed by atoms with Gasteiger partial charge in [0.25, 0.3) is 0 Å². The van der Waals surface area contributed by atoms with E-state index in [-0.39, 0.29) is 5.69 Å². The van der Waals surface area contributed by atoms with Crippen molar-refractivity contribution in [1.29, 1.82) is 0 Å². The number of aliphatic carboxylic acids is 1. The maximum atomic E-state index is 11.6. The van der Waals surface area contributed by atoms with E-state index in [1.807, 2.05) is 6.92 Å². The molecule has 110 valence electrons. The topological polar surface area (TPSA) is 101 Å². The van der Waals surface area contributed by atoms with Crippen molar-refractivity contribution in [1.82, 2.24) is 9.78 Å². The number of nitrogens with zero attached hydrogens (tertiary/aromatic N) is 4. The molecule has 1 atom stereocenters. The number of carboxylic acid groups (broad SMARTS) is 1. The fourth-order valence-electron chi connectivity index (χ4n) is 2.79. The number of nitro groups is 1. The SMILES string of the molecule is CCn1nc(C)c([N+](=O)[O-])c1N1CCCC1(C)C(=O)O. The molecule has 1 saturated heterocycles. The fraction of sp³-hybridized carbons (Fsp3) is 0.667. The number of hydrogen-bond donors (Lipinski definition) is 1. The minimum Gasteiger partial charge on any atom is -0.480 e. The normalized spacial score (nSPS) is 22.2. The van der Waals surface area contributed by atoms with Crippen molar-refractivity contribution in [3.8, 4) is 0 Å². The Labute approximate surface area is 116 Å². The molecule has 0 aromatic carbocycles. The molecule has 0 amide bonds. The van der Waals surface area contributed by atoms with Crippen LogP contribution in [-0.4, -0.2) is 37.9 Å². The van der Waals surface area contributed by atoms with Crippen LogP contribution in [0.3, 0.4) is 0 Å². The lowest BCUT2D eigenvalue weighted by Gasteiger charge is -2.32. The number of rotatable bonds is 4. The molecule has 0 radical (unpaired) electrons. The molecule has 8 nitrogen and oxygen atoms in total. The molecule has 0 spiro atoms. The summed E-state index contributed by atoms with van der Waals surface area (Å²) in [5.74, 6) is -0.664. The van der Waals surface area contributed by atoms with Gasteiger partial charge in [0.05, 0.1) is 4.92 Å². The predicted molar refractivity (Wildman–Crippen MR) is 71.9 cm³/mol. The second-order valence-electron chi connectivity index (χ2n) is 5.16. The van der Waals surface area contributed by atoms with E-state index in [1.54, 1.807) is 18.7 Å². The molecule has 0 aliphatic carbocycles. The highest BCUT2D eigenvalue weighted by Gasteiger charge is 2.47. The Morgan fingerprint density at radius 1 is 1.60 bits per heavy atom. The van der Waals surface area contributed by atoms with E-state index < -0.39 is 16.4 Å². The van der Waals surface area contributed by atoms with Gasteiger partial charge in [-0.2, -0.15) is 5.10 Å². The molecule has 20 heavy (non-hydrogen) atoms. The van der Waals surface area contributed by atoms with Gasteiger partial charge in [-0.15, -0.1) is 0 Å². The van der Waals surface area contributed by atoms with Crippen molar-refractivity contribution in [2.45, 2.75) is 45.7 Å². The van der Waals surface area contributed by atoms with Gasteiger partial charge in [0.15, 0.2) is 0 Å². The zero-order valence-corrected chi connectivity index (χ0v) is 11.8. The molecule has 0 saturated carbocycles. The lowest BCUT2D eigenvalue weighted by atomic mass is 9.99. The van der Waals surface area contributed by atoms with Gasteiger partial charge in [-0.3, -0.25) is 10.1 Å². The van der Waals surface area contributed by atoms with E-state index in [2.05, 4.69) is 5.10 Å². The lowest BCUT2D eigenvalue weighted by Crippen LogP contribution is -2.49. The van der Waals surface area contributed by atoms with Crippen LogP contribution < -0.4 is 4.90 Å². The van der Waals surface area contributed by atoms with Crippen LogP contribution in [0, 0.1) is 17.0 Å². The highest BCUT2D eigenvalue weighted by molar-refractivity contribution is 5.85. The summed E-state index contributed by atoms with van der Waals surface area (Å²) < 4.78 is 1.51. The smallest absolute Gasteiger partial charge is 0.333 e. The molecule has 2 rings (SSSR count). The van der Waals surface area contributed by atoms with Crippen LogP contribution in [0.4, 0.5) is 11.5 Å². The molecule has 1 fully saturated rings. The summed E-state index contributed by atoms with van der Waals surface area (Å²) in [6.45, 7) is 5.94. The summed E-state index contributed by atoms with van der Waals surface area (Å²) in [5.41, 5.74) is -0.905. The molecule has 1 aliphatic heterocycles. The van der Waals surface area contributed by atoms with Crippen molar-refractivity contribution in [2.75, 3.05) is 11.4 Å². The van der Waals surface area contributed by atoms with Crippen LogP contribution in [-0.2, 0) is 11.3 Å². The van der Waals surface area contributed by atoms with Crippen molar-refractivity contribution in [3.63, 3.8) is 0 Å². The van der Waals surface area contributed by atoms with Gasteiger partial charge < -0.3 is 10.0 Å². The Hall–Kier alpha value is -2.12. The van der Waals surface area contributed by atoms with Gasteiger partial charge >= 0.3 is 11.7 Å². The molecule has 1 N–H and O–H groups in total. The third kappa shape index (κ3) is 1.91. The van der Waals surface area contributed by atoms with E-state index in [4.69, 9.17) is 0 Å². The summed E-state index contributed by atoms with van der Waals surface area (Å²) in [5, 5.41) is 24.9. The number of aryl methyl sites for hydroxylation is 2. The summed E-state index contributed by atoms with van der Waals surface area (Å²) in [6, 6.07) is 0. The Morgan fingerprint density at radius 2 is 2.25 bits per heavy atom. The van der Waals surface area contributed by atoms with Crippen molar-refractivity contribution in [3.05, 3.63) is 15.8 Å². The maximum absolute atomic E-state index is 11.6. The zero-order chi connectivity index (χ0) is 15.1. The predicted octanol–water partition coefficient (Wildman–Crippen LogP) is 1.56. The first-order valence-electron chi connectivity index (χ1n) is 6.55. The average Bonchev–Trinajstić information content (AvgIpc) is 2.90. The number of aromatic nitrogens is 2. The quantitative estimate of drug-likeness (QED) is 0.664. The largest absolute Gasteiger partial charge is 0.480 e. The van der Waals surface area contributed by atoms with Crippen LogP contribution in [0.5, 0.6) is 0 Å². The van der Waals surface area contributed by atoms with Gasteiger partial charge in [0.2, 0.25) is 5.82 Å². The minimum absolute atomic E-state index is 0.0961. The van der Waals surface area contributed by atoms with Crippen LogP contribution in [0.2, 0.25) is 0 Å². The Morgan fingerprint density at radius 3 is 2.75 bits per heavy atom. The van der Waals surface area contributed by atoms with Gasteiger partial charge in [0, 0.05) is 13.1 Å². The van der Waals surface area contributed by atoms with E-state index in [0.29, 0.717) is 37.4 Å². The number of hydrogen-bond acceptors (Lipinski definition) is 5. The molecule has 8 heteroatoms. The highest BCUT2D eigenvalue weighted by Crippen LogP contribution is 2.40. The van der Waals surface area contributed by atoms with Crippen LogP contribution in [0.1, 0.15) is 32.4 Å². The van der Waals surface area contributed by atoms with Gasteiger partial charge in [-0.25, -0.2) is 9.48 Å². The van der Waals surface area contributed by atoms with E-state index >= 15 is 0 Å². The Bertz CT molecular complexity index is 568. The summed E-state index contributed by atoms with van der Waals surface area (Å²) in [7, 11) is 0. The first-order valence-corrected chi connectivity index (χ1v) is 6.55. The number of anilines is 1. The molecule has 1 aromatic rings. The third-order valence-corrected chi connectivity index (χ3v) is 3.91. The lowest BCUT2D eigenvalue weighted by molar-refractivity contribution is -0.384. The molecule has 1 aromatic heterocycles. The minimum atomic E-state index is -1.12. The van der Waals surface area contributed by atoms with Crippen molar-refractivity contribution < 1.29 is 14.8 Å². The zero-order valence-electron chi connectivity index (χ0n) is 11.8. The van der Waals surface area contributed by atoms with Crippen molar-refractivity contribution in [2.24, 2.45) is 0 Å². The highest BCUT2D eigenvalue weighted by atomic mass is 16.6. The molecular weight excluding hydrogens is 264 g/mol. The summed E-state index contributed by atoms with van der Waals surface area (Å²) >= 11 is 0. The number of carboxylic acids is 1. The first kappa shape index (κ1) is 14.3. The molecule has 1 aliphatic rings. The summed E-state index contributed by atoms with van der Waals surface area (Å²) in [4.78, 5) is 24.0. The van der Waals surface area contributed by atoms with Crippen LogP contribution in [0.25, 0.3) is 0 Å². The standard InChI is InChI=1S/C12H18N4O4/c1-4-15-10(9(16(19)20)8(2)13-15)14-7-5-6-12(14,3)11(17)18/h4-7H2,1-3H3,(H,17,18). The second kappa shape index (κ2) is 4.77. The monoisotopic (exact) mass is 282 g/mol. The van der Waals surface area contributed by atoms with Crippen molar-refractivity contribution >= 4 is 17.5 Å². The van der Waals surface area contributed by atoms with Gasteiger partial charge in [0.1, 0.15) is 11.2 Å². The Balaban J connectivity index is 2.62. The van der Waals surface area contributed by atoms with Crippen LogP contribution in [0.15, 0.2) is 0 Å². The van der Waals surface area contributed by atoms with E-state index in [9.17, 15) is 20.0 Å². The molecule has 0 bridgehead atoms. The molecule has 1 unspecified atom stereocenters. The molecule has 2 heterocycles. The first-order chi connectivity index (χ1) is 9.32. The van der Waals surface area contributed by atoms with E-state index in [1.165, 1.54) is 4.68 Å². The molecular formula is C12H18N4O4. The second-order valence-corrected chi connectivity index (χ2v) is 5.16. The van der Waals surface area contributed by atoms with E-state index in [0.717, 1.165) is 0 Å². The number of carbonyl (C=O) groups is 1. The maximum Gasteiger partial charge on any atom is 0.333 e. The fourth-order valence-corrected chi connectivity index (χ4v) is 2.79. The average molecular weight is 282 g/mol. The third-order valence-electron chi connectivity index (χ3n) is 3.91. The van der Waals surface area contributed by atoms with Crippen LogP contribution >= 0.6 is 0 Å². The van der Waals surface area contributed by atoms with Gasteiger partial charge in [-0.1, -0.05) is 0 Å². The summed E-state index contributed by atoms with van der Waals surface area (Å²) in [6.07, 6.45) is 1.15. The van der Waals surface area contributed by atoms with Gasteiger partial charge in [-0.05, 0) is 33.6 Å².